The zero-order chi connectivity index (χ0) is 29.1. The topological polar surface area (TPSA) is 125 Å². The number of rotatable bonds is 15. The molecule has 42 heavy (non-hydrogen) atoms. The van der Waals surface area contributed by atoms with Gasteiger partial charge in [-0.1, -0.05) is 18.2 Å². The van der Waals surface area contributed by atoms with E-state index in [4.69, 9.17) is 9.72 Å². The number of para-hydroxylation sites is 1. The number of fused-ring (bicyclic) bond motifs is 2. The minimum atomic E-state index is -0.952. The number of hydrogen-bond acceptors (Lipinski definition) is 9. The van der Waals surface area contributed by atoms with Gasteiger partial charge in [0, 0.05) is 36.8 Å². The second kappa shape index (κ2) is 14.5. The summed E-state index contributed by atoms with van der Waals surface area (Å²) in [7, 11) is 0. The summed E-state index contributed by atoms with van der Waals surface area (Å²) in [5, 5.41) is 17.3. The van der Waals surface area contributed by atoms with Crippen LogP contribution in [-0.2, 0) is 17.6 Å². The van der Waals surface area contributed by atoms with Gasteiger partial charge in [-0.05, 0) is 68.8 Å². The second-order valence-electron chi connectivity index (χ2n) is 10.4. The summed E-state index contributed by atoms with van der Waals surface area (Å²) in [5.41, 5.74) is 3.10. The molecule has 1 aliphatic heterocycles. The average molecular weight is 574 g/mol. The Hall–Kier alpha value is -4.38. The van der Waals surface area contributed by atoms with Gasteiger partial charge in [0.2, 0.25) is 0 Å². The molecule has 0 amide bonds. The maximum absolute atomic E-state index is 13.5. The van der Waals surface area contributed by atoms with Gasteiger partial charge in [0.15, 0.2) is 0 Å². The molecule has 5 rings (SSSR count). The summed E-state index contributed by atoms with van der Waals surface area (Å²) in [6.45, 7) is 3.13. The summed E-state index contributed by atoms with van der Waals surface area (Å²) in [5.74, 6) is 0.458. The molecule has 1 aliphatic rings. The second-order valence-corrected chi connectivity index (χ2v) is 10.4. The number of carboxylic acids is 1. The van der Waals surface area contributed by atoms with E-state index in [0.29, 0.717) is 37.7 Å². The molecule has 1 atom stereocenters. The van der Waals surface area contributed by atoms with Crippen molar-refractivity contribution >= 4 is 28.5 Å². The van der Waals surface area contributed by atoms with Crippen LogP contribution in [0.4, 0.5) is 16.0 Å². The van der Waals surface area contributed by atoms with Crippen molar-refractivity contribution in [1.29, 1.82) is 0 Å². The lowest BCUT2D eigenvalue weighted by molar-refractivity contribution is -0.138. The molecule has 1 aromatic carbocycles. The van der Waals surface area contributed by atoms with E-state index >= 15 is 0 Å². The SMILES string of the molecule is O=C(O)[C@H](CCN(CCCCc1ccc2c(n1)NCCC2)CCOc1cncc(F)c1)Nc1ncnc2ccccc12. The van der Waals surface area contributed by atoms with Gasteiger partial charge in [0.25, 0.3) is 0 Å². The third-order valence-electron chi connectivity index (χ3n) is 7.35. The molecule has 3 aromatic heterocycles. The fourth-order valence-electron chi connectivity index (χ4n) is 5.10. The van der Waals surface area contributed by atoms with Crippen LogP contribution in [0.5, 0.6) is 5.75 Å². The molecular formula is C31H36FN7O3. The van der Waals surface area contributed by atoms with Gasteiger partial charge in [0.05, 0.1) is 17.9 Å². The molecule has 0 unspecified atom stereocenters. The monoisotopic (exact) mass is 573 g/mol. The number of ether oxygens (including phenoxy) is 1. The normalized spacial score (nSPS) is 13.4. The van der Waals surface area contributed by atoms with Crippen LogP contribution in [0, 0.1) is 5.82 Å². The number of nitrogens with one attached hydrogen (secondary N) is 2. The highest BCUT2D eigenvalue weighted by Crippen LogP contribution is 2.21. The summed E-state index contributed by atoms with van der Waals surface area (Å²) in [4.78, 5) is 31.6. The summed E-state index contributed by atoms with van der Waals surface area (Å²) >= 11 is 0. The first-order valence-electron chi connectivity index (χ1n) is 14.4. The minimum Gasteiger partial charge on any atom is -0.491 e. The quantitative estimate of drug-likeness (QED) is 0.174. The van der Waals surface area contributed by atoms with E-state index in [1.165, 1.54) is 24.2 Å². The average Bonchev–Trinajstić information content (AvgIpc) is 3.00. The van der Waals surface area contributed by atoms with Gasteiger partial charge >= 0.3 is 5.97 Å². The van der Waals surface area contributed by atoms with Crippen molar-refractivity contribution in [2.75, 3.05) is 43.4 Å². The molecule has 0 bridgehead atoms. The third-order valence-corrected chi connectivity index (χ3v) is 7.35. The fourth-order valence-corrected chi connectivity index (χ4v) is 5.10. The minimum absolute atomic E-state index is 0.324. The van der Waals surface area contributed by atoms with Crippen LogP contribution in [0.25, 0.3) is 10.9 Å². The molecule has 4 aromatic rings. The van der Waals surface area contributed by atoms with Crippen LogP contribution in [0.15, 0.2) is 61.2 Å². The Morgan fingerprint density at radius 1 is 1.12 bits per heavy atom. The van der Waals surface area contributed by atoms with Crippen molar-refractivity contribution in [3.05, 3.63) is 78.3 Å². The summed E-state index contributed by atoms with van der Waals surface area (Å²) in [6, 6.07) is 12.2. The van der Waals surface area contributed by atoms with Crippen molar-refractivity contribution in [3.8, 4) is 5.75 Å². The fraction of sp³-hybridized carbons (Fsp3) is 0.387. The van der Waals surface area contributed by atoms with E-state index in [9.17, 15) is 14.3 Å². The highest BCUT2D eigenvalue weighted by molar-refractivity contribution is 5.90. The Labute approximate surface area is 244 Å². The number of nitrogens with zero attached hydrogens (tertiary/aromatic N) is 5. The van der Waals surface area contributed by atoms with E-state index in [0.717, 1.165) is 73.8 Å². The number of halogens is 1. The zero-order valence-electron chi connectivity index (χ0n) is 23.5. The maximum Gasteiger partial charge on any atom is 0.326 e. The smallest absolute Gasteiger partial charge is 0.326 e. The molecule has 4 heterocycles. The van der Waals surface area contributed by atoms with Gasteiger partial charge in [-0.3, -0.25) is 9.88 Å². The largest absolute Gasteiger partial charge is 0.491 e. The molecule has 10 nitrogen and oxygen atoms in total. The van der Waals surface area contributed by atoms with Crippen molar-refractivity contribution < 1.29 is 19.0 Å². The molecule has 0 spiro atoms. The number of carboxylic acid groups (broad SMARTS) is 1. The molecule has 220 valence electrons. The van der Waals surface area contributed by atoms with Crippen LogP contribution < -0.4 is 15.4 Å². The lowest BCUT2D eigenvalue weighted by Crippen LogP contribution is -2.37. The molecule has 0 saturated heterocycles. The lowest BCUT2D eigenvalue weighted by Gasteiger charge is -2.25. The predicted molar refractivity (Wildman–Crippen MR) is 159 cm³/mol. The van der Waals surface area contributed by atoms with Crippen LogP contribution >= 0.6 is 0 Å². The first-order chi connectivity index (χ1) is 20.5. The highest BCUT2D eigenvalue weighted by Gasteiger charge is 2.20. The first-order valence-corrected chi connectivity index (χ1v) is 14.4. The van der Waals surface area contributed by atoms with E-state index in [-0.39, 0.29) is 0 Å². The summed E-state index contributed by atoms with van der Waals surface area (Å²) in [6.07, 6.45) is 9.33. The van der Waals surface area contributed by atoms with Gasteiger partial charge in [-0.25, -0.2) is 24.1 Å². The highest BCUT2D eigenvalue weighted by atomic mass is 19.1. The van der Waals surface area contributed by atoms with Crippen LogP contribution in [0.2, 0.25) is 0 Å². The number of carbonyl (C=O) groups is 1. The molecule has 0 radical (unpaired) electrons. The van der Waals surface area contributed by atoms with Crippen LogP contribution in [0.1, 0.15) is 36.9 Å². The first kappa shape index (κ1) is 29.1. The Kier molecular flexibility index (Phi) is 10.1. The third kappa shape index (κ3) is 8.10. The van der Waals surface area contributed by atoms with E-state index in [2.05, 4.69) is 42.6 Å². The molecule has 3 N–H and O–H groups in total. The van der Waals surface area contributed by atoms with Crippen molar-refractivity contribution in [1.82, 2.24) is 24.8 Å². The Morgan fingerprint density at radius 3 is 2.90 bits per heavy atom. The number of aliphatic carboxylic acids is 1. The molecule has 11 heteroatoms. The predicted octanol–water partition coefficient (Wildman–Crippen LogP) is 4.58. The summed E-state index contributed by atoms with van der Waals surface area (Å²) < 4.78 is 19.3. The zero-order valence-corrected chi connectivity index (χ0v) is 23.5. The molecule has 0 fully saturated rings. The van der Waals surface area contributed by atoms with E-state index < -0.39 is 17.8 Å². The number of anilines is 2. The van der Waals surface area contributed by atoms with E-state index in [1.807, 2.05) is 24.3 Å². The van der Waals surface area contributed by atoms with Gasteiger partial charge in [0.1, 0.15) is 42.2 Å². The van der Waals surface area contributed by atoms with Gasteiger partial charge in [-0.15, -0.1) is 0 Å². The number of pyridine rings is 2. The number of benzene rings is 1. The molecule has 0 saturated carbocycles. The van der Waals surface area contributed by atoms with Crippen LogP contribution in [0.3, 0.4) is 0 Å². The Bertz CT molecular complexity index is 1480. The standard InChI is InChI=1S/C31H36FN7O3/c32-23-18-25(20-33-19-23)42-17-16-39(14-4-3-7-24-11-10-22-6-5-13-34-29(22)37-24)15-12-28(31(40)41)38-30-26-8-1-2-9-27(26)35-21-36-30/h1-2,8-11,18-21,28H,3-7,12-17H2,(H,34,37)(H,40,41)(H,35,36,38)/t28-/m0/s1. The molecular weight excluding hydrogens is 537 g/mol. The van der Waals surface area contributed by atoms with Crippen molar-refractivity contribution in [2.24, 2.45) is 0 Å². The Balaban J connectivity index is 1.18. The number of aromatic nitrogens is 4. The number of aryl methyl sites for hydroxylation is 2. The van der Waals surface area contributed by atoms with Crippen molar-refractivity contribution in [3.63, 3.8) is 0 Å². The number of unbranched alkanes of at least 4 members (excludes halogenated alkanes) is 1. The lowest BCUT2D eigenvalue weighted by atomic mass is 10.1. The van der Waals surface area contributed by atoms with Crippen LogP contribution in [-0.4, -0.2) is 74.7 Å². The molecule has 0 aliphatic carbocycles. The van der Waals surface area contributed by atoms with Crippen molar-refractivity contribution in [2.45, 2.75) is 44.6 Å². The van der Waals surface area contributed by atoms with Gasteiger partial charge < -0.3 is 20.5 Å². The maximum atomic E-state index is 13.5. The van der Waals surface area contributed by atoms with E-state index in [1.54, 1.807) is 0 Å². The Morgan fingerprint density at radius 2 is 2.02 bits per heavy atom. The number of hydrogen-bond donors (Lipinski definition) is 3. The van der Waals surface area contributed by atoms with Gasteiger partial charge in [-0.2, -0.15) is 0 Å².